The second-order valence-electron chi connectivity index (χ2n) is 5.60. The maximum Gasteiger partial charge on any atom is 0.416 e. The first kappa shape index (κ1) is 21.0. The zero-order valence-corrected chi connectivity index (χ0v) is 16.9. The number of piperazine rings is 1. The number of nitrogens with zero attached hydrogens (tertiary/aromatic N) is 1. The molecule has 1 fully saturated rings. The first-order chi connectivity index (χ1) is 11.3. The molecule has 1 atom stereocenters. The van der Waals surface area contributed by atoms with Crippen LogP contribution in [0.25, 0.3) is 0 Å². The van der Waals surface area contributed by atoms with Gasteiger partial charge in [-0.3, -0.25) is 4.90 Å². The summed E-state index contributed by atoms with van der Waals surface area (Å²) in [5.41, 5.74) is -0.0215. The first-order valence-electron chi connectivity index (χ1n) is 7.42. The average molecular weight is 476 g/mol. The summed E-state index contributed by atoms with van der Waals surface area (Å²) >= 11 is 10.7. The van der Waals surface area contributed by atoms with Gasteiger partial charge < -0.3 is 5.32 Å². The predicted molar refractivity (Wildman–Crippen MR) is 102 cm³/mol. The average Bonchev–Trinajstić information content (AvgIpc) is 2.93. The summed E-state index contributed by atoms with van der Waals surface area (Å²) in [5, 5.41) is 3.27. The number of nitrogens with one attached hydrogen (secondary N) is 1. The van der Waals surface area contributed by atoms with Gasteiger partial charge in [-0.2, -0.15) is 13.2 Å². The topological polar surface area (TPSA) is 15.3 Å². The number of hydrogen-bond acceptors (Lipinski definition) is 3. The molecule has 1 N–H and O–H groups in total. The summed E-state index contributed by atoms with van der Waals surface area (Å²) in [6.45, 7) is 3.17. The van der Waals surface area contributed by atoms with Crippen molar-refractivity contribution in [2.24, 2.45) is 0 Å². The van der Waals surface area contributed by atoms with Crippen molar-refractivity contribution >= 4 is 51.3 Å². The Kier molecular flexibility index (Phi) is 7.21. The van der Waals surface area contributed by atoms with Crippen LogP contribution in [-0.2, 0) is 6.18 Å². The largest absolute Gasteiger partial charge is 0.416 e. The third-order valence-electron chi connectivity index (χ3n) is 3.94. The Bertz CT molecular complexity index is 718. The second-order valence-corrected chi connectivity index (χ2v) is 8.26. The van der Waals surface area contributed by atoms with E-state index >= 15 is 0 Å². The molecule has 0 bridgehead atoms. The summed E-state index contributed by atoms with van der Waals surface area (Å²) in [6, 6.07) is 7.57. The van der Waals surface area contributed by atoms with Gasteiger partial charge in [-0.25, -0.2) is 0 Å². The van der Waals surface area contributed by atoms with Gasteiger partial charge in [0.15, 0.2) is 0 Å². The number of rotatable bonds is 3. The highest BCUT2D eigenvalue weighted by molar-refractivity contribution is 9.10. The van der Waals surface area contributed by atoms with E-state index in [0.29, 0.717) is 14.4 Å². The number of halogens is 6. The maximum absolute atomic E-state index is 13.2. The van der Waals surface area contributed by atoms with Crippen LogP contribution < -0.4 is 5.32 Å². The van der Waals surface area contributed by atoms with Gasteiger partial charge in [0.25, 0.3) is 0 Å². The molecule has 2 nitrogen and oxygen atoms in total. The second kappa shape index (κ2) is 8.59. The molecule has 1 aliphatic heterocycles. The molecule has 3 rings (SSSR count). The van der Waals surface area contributed by atoms with E-state index in [9.17, 15) is 13.2 Å². The lowest BCUT2D eigenvalue weighted by Crippen LogP contribution is -2.45. The van der Waals surface area contributed by atoms with Crippen LogP contribution >= 0.6 is 51.3 Å². The Morgan fingerprint density at radius 1 is 1.16 bits per heavy atom. The van der Waals surface area contributed by atoms with Gasteiger partial charge in [0, 0.05) is 35.5 Å². The van der Waals surface area contributed by atoms with Gasteiger partial charge in [0.1, 0.15) is 0 Å². The Balaban J connectivity index is 0.00000225. The van der Waals surface area contributed by atoms with Crippen LogP contribution in [0.3, 0.4) is 0 Å². The maximum atomic E-state index is 13.2. The summed E-state index contributed by atoms with van der Waals surface area (Å²) in [4.78, 5) is 3.15. The fourth-order valence-electron chi connectivity index (χ4n) is 2.90. The molecule has 0 spiro atoms. The van der Waals surface area contributed by atoms with Crippen molar-refractivity contribution in [2.75, 3.05) is 26.2 Å². The van der Waals surface area contributed by atoms with E-state index in [1.807, 2.05) is 6.07 Å². The highest BCUT2D eigenvalue weighted by Gasteiger charge is 2.33. The lowest BCUT2D eigenvalue weighted by molar-refractivity contribution is -0.137. The molecule has 0 saturated carbocycles. The zero-order chi connectivity index (χ0) is 17.3. The standard InChI is InChI=1S/C16H15BrClF3N2S.ClH/c17-12-8-10(7-11(9-12)16(19,20)21)15(13-1-2-14(18)24-13)23-5-3-22-4-6-23;/h1-2,7-9,15,22H,3-6H2;1H/t15-;/m0./s1. The molecule has 2 aromatic rings. The molecular formula is C16H16BrCl2F3N2S. The van der Waals surface area contributed by atoms with Gasteiger partial charge >= 0.3 is 6.18 Å². The highest BCUT2D eigenvalue weighted by atomic mass is 79.9. The summed E-state index contributed by atoms with van der Waals surface area (Å²) in [5.74, 6) is 0. The summed E-state index contributed by atoms with van der Waals surface area (Å²) in [7, 11) is 0. The van der Waals surface area contributed by atoms with Crippen LogP contribution in [0.15, 0.2) is 34.8 Å². The molecule has 1 aromatic heterocycles. The number of hydrogen-bond donors (Lipinski definition) is 1. The van der Waals surface area contributed by atoms with Gasteiger partial charge in [-0.15, -0.1) is 23.7 Å². The van der Waals surface area contributed by atoms with Crippen molar-refractivity contribution in [1.82, 2.24) is 10.2 Å². The van der Waals surface area contributed by atoms with Crippen molar-refractivity contribution in [2.45, 2.75) is 12.2 Å². The number of benzene rings is 1. The van der Waals surface area contributed by atoms with Crippen molar-refractivity contribution in [3.05, 3.63) is 55.1 Å². The van der Waals surface area contributed by atoms with Crippen molar-refractivity contribution < 1.29 is 13.2 Å². The van der Waals surface area contributed by atoms with E-state index < -0.39 is 11.7 Å². The molecule has 138 valence electrons. The van der Waals surface area contributed by atoms with Crippen molar-refractivity contribution in [1.29, 1.82) is 0 Å². The fraction of sp³-hybridized carbons (Fsp3) is 0.375. The number of thiophene rings is 1. The minimum Gasteiger partial charge on any atom is -0.314 e. The minimum absolute atomic E-state index is 0. The summed E-state index contributed by atoms with van der Waals surface area (Å²) < 4.78 is 40.7. The van der Waals surface area contributed by atoms with Crippen LogP contribution in [0.1, 0.15) is 22.0 Å². The van der Waals surface area contributed by atoms with Crippen LogP contribution in [0.2, 0.25) is 4.34 Å². The third kappa shape index (κ3) is 5.11. The smallest absolute Gasteiger partial charge is 0.314 e. The molecule has 0 amide bonds. The highest BCUT2D eigenvalue weighted by Crippen LogP contribution is 2.39. The van der Waals surface area contributed by atoms with E-state index in [-0.39, 0.29) is 18.4 Å². The normalized spacial score (nSPS) is 17.2. The van der Waals surface area contributed by atoms with E-state index in [0.717, 1.165) is 37.1 Å². The molecular weight excluding hydrogens is 460 g/mol. The van der Waals surface area contributed by atoms with Crippen LogP contribution in [0.5, 0.6) is 0 Å². The lowest BCUT2D eigenvalue weighted by atomic mass is 10.00. The van der Waals surface area contributed by atoms with Crippen LogP contribution in [-0.4, -0.2) is 31.1 Å². The van der Waals surface area contributed by atoms with Crippen molar-refractivity contribution in [3.63, 3.8) is 0 Å². The molecule has 2 heterocycles. The molecule has 25 heavy (non-hydrogen) atoms. The molecule has 0 unspecified atom stereocenters. The Morgan fingerprint density at radius 3 is 2.40 bits per heavy atom. The molecule has 1 saturated heterocycles. The quantitative estimate of drug-likeness (QED) is 0.621. The Morgan fingerprint density at radius 2 is 1.84 bits per heavy atom. The third-order valence-corrected chi connectivity index (χ3v) is 5.68. The van der Waals surface area contributed by atoms with Gasteiger partial charge in [-0.05, 0) is 35.9 Å². The fourth-order valence-corrected chi connectivity index (χ4v) is 4.64. The minimum atomic E-state index is -4.38. The molecule has 1 aromatic carbocycles. The van der Waals surface area contributed by atoms with E-state index in [4.69, 9.17) is 11.6 Å². The van der Waals surface area contributed by atoms with E-state index in [1.54, 1.807) is 12.1 Å². The van der Waals surface area contributed by atoms with Crippen LogP contribution in [0, 0.1) is 0 Å². The van der Waals surface area contributed by atoms with E-state index in [2.05, 4.69) is 26.1 Å². The van der Waals surface area contributed by atoms with Crippen molar-refractivity contribution in [3.8, 4) is 0 Å². The Hall–Kier alpha value is -0.310. The molecule has 1 aliphatic rings. The van der Waals surface area contributed by atoms with Gasteiger partial charge in [0.2, 0.25) is 0 Å². The van der Waals surface area contributed by atoms with E-state index in [1.165, 1.54) is 17.4 Å². The summed E-state index contributed by atoms with van der Waals surface area (Å²) in [6.07, 6.45) is -4.38. The predicted octanol–water partition coefficient (Wildman–Crippen LogP) is 5.60. The lowest BCUT2D eigenvalue weighted by Gasteiger charge is -2.35. The number of alkyl halides is 3. The molecule has 0 radical (unpaired) electrons. The van der Waals surface area contributed by atoms with Gasteiger partial charge in [0.05, 0.1) is 15.9 Å². The Labute approximate surface area is 167 Å². The zero-order valence-electron chi connectivity index (χ0n) is 12.9. The monoisotopic (exact) mass is 474 g/mol. The SMILES string of the molecule is Cl.FC(F)(F)c1cc(Br)cc([C@@H](c2ccc(Cl)s2)N2CCNCC2)c1. The van der Waals surface area contributed by atoms with Gasteiger partial charge in [-0.1, -0.05) is 27.5 Å². The molecule has 0 aliphatic carbocycles. The van der Waals surface area contributed by atoms with Crippen LogP contribution in [0.4, 0.5) is 13.2 Å². The first-order valence-corrected chi connectivity index (χ1v) is 9.41. The molecule has 9 heteroatoms.